The molecule has 0 amide bonds. The van der Waals surface area contributed by atoms with Gasteiger partial charge in [-0.1, -0.05) is 6.07 Å². The van der Waals surface area contributed by atoms with Gasteiger partial charge in [-0.15, -0.1) is 0 Å². The number of nitrogen functional groups attached to an aromatic ring is 1. The van der Waals surface area contributed by atoms with E-state index in [-0.39, 0.29) is 0 Å². The average Bonchev–Trinajstić information content (AvgIpc) is 1.85. The van der Waals surface area contributed by atoms with Crippen molar-refractivity contribution in [2.24, 2.45) is 0 Å². The summed E-state index contributed by atoms with van der Waals surface area (Å²) in [6, 6.07) is 5.43. The molecule has 1 aromatic heterocycles. The molecule has 0 aliphatic heterocycles. The van der Waals surface area contributed by atoms with Crippen LogP contribution in [0, 0.1) is 0 Å². The van der Waals surface area contributed by atoms with Crippen molar-refractivity contribution in [3.63, 3.8) is 0 Å². The van der Waals surface area contributed by atoms with Crippen molar-refractivity contribution in [2.75, 3.05) is 12.0 Å². The number of pyridine rings is 1. The zero-order valence-corrected chi connectivity index (χ0v) is 7.32. The van der Waals surface area contributed by atoms with Gasteiger partial charge in [-0.25, -0.2) is 4.98 Å². The van der Waals surface area contributed by atoms with Gasteiger partial charge in [0.1, 0.15) is 5.82 Å². The second-order valence-electron chi connectivity index (χ2n) is 1.99. The fraction of sp³-hybridized carbons (Fsp3) is 0.167. The summed E-state index contributed by atoms with van der Waals surface area (Å²) < 4.78 is 25.9. The van der Waals surface area contributed by atoms with E-state index in [9.17, 15) is 8.42 Å². The van der Waals surface area contributed by atoms with Gasteiger partial charge in [-0.3, -0.25) is 4.55 Å². The number of hydrogen-bond acceptors (Lipinski definition) is 4. The van der Waals surface area contributed by atoms with Gasteiger partial charge in [-0.05, 0) is 12.1 Å². The largest absolute Gasteiger partial charge is 0.384 e. The van der Waals surface area contributed by atoms with Gasteiger partial charge in [0.2, 0.25) is 0 Å². The maximum Gasteiger partial charge on any atom is 0.261 e. The van der Waals surface area contributed by atoms with E-state index in [0.29, 0.717) is 12.1 Å². The van der Waals surface area contributed by atoms with Gasteiger partial charge in [0.15, 0.2) is 0 Å². The van der Waals surface area contributed by atoms with E-state index in [1.54, 1.807) is 12.3 Å². The first kappa shape index (κ1) is 10.9. The maximum absolute atomic E-state index is 9.19. The molecule has 0 saturated carbocycles. The molecule has 0 aliphatic carbocycles. The SMILES string of the molecule is CS(=O)(=O)O.Nc1ccccn1. The van der Waals surface area contributed by atoms with E-state index in [1.807, 2.05) is 12.1 Å². The Morgan fingerprint density at radius 1 is 1.50 bits per heavy atom. The zero-order valence-electron chi connectivity index (χ0n) is 6.51. The quantitative estimate of drug-likeness (QED) is 0.569. The molecule has 0 unspecified atom stereocenters. The Labute approximate surface area is 71.0 Å². The van der Waals surface area contributed by atoms with E-state index in [4.69, 9.17) is 10.3 Å². The number of hydrogen-bond donors (Lipinski definition) is 2. The molecule has 1 aromatic rings. The normalized spacial score (nSPS) is 9.83. The van der Waals surface area contributed by atoms with Crippen molar-refractivity contribution in [1.82, 2.24) is 4.98 Å². The van der Waals surface area contributed by atoms with E-state index in [0.717, 1.165) is 0 Å². The maximum atomic E-state index is 9.19. The first-order valence-corrected chi connectivity index (χ1v) is 4.83. The van der Waals surface area contributed by atoms with Crippen LogP contribution in [-0.2, 0) is 10.1 Å². The molecule has 0 atom stereocenters. The average molecular weight is 190 g/mol. The summed E-state index contributed by atoms with van der Waals surface area (Å²) in [5.41, 5.74) is 5.25. The topological polar surface area (TPSA) is 93.3 Å². The highest BCUT2D eigenvalue weighted by Crippen LogP contribution is 1.89. The van der Waals surface area contributed by atoms with Crippen LogP contribution in [0.3, 0.4) is 0 Å². The molecule has 0 bridgehead atoms. The van der Waals surface area contributed by atoms with E-state index < -0.39 is 10.1 Å². The zero-order chi connectivity index (χ0) is 9.61. The first-order chi connectivity index (χ1) is 5.39. The van der Waals surface area contributed by atoms with Crippen LogP contribution in [0.25, 0.3) is 0 Å². The van der Waals surface area contributed by atoms with Crippen molar-refractivity contribution < 1.29 is 13.0 Å². The van der Waals surface area contributed by atoms with Crippen molar-refractivity contribution in [3.05, 3.63) is 24.4 Å². The first-order valence-electron chi connectivity index (χ1n) is 2.98. The Kier molecular flexibility index (Phi) is 4.24. The molecule has 12 heavy (non-hydrogen) atoms. The third-order valence-electron chi connectivity index (χ3n) is 0.688. The van der Waals surface area contributed by atoms with Gasteiger partial charge in [-0.2, -0.15) is 8.42 Å². The molecular formula is C6H10N2O3S. The Hall–Kier alpha value is -1.14. The Morgan fingerprint density at radius 2 is 2.00 bits per heavy atom. The third kappa shape index (κ3) is 11.6. The van der Waals surface area contributed by atoms with Gasteiger partial charge >= 0.3 is 0 Å². The molecule has 0 spiro atoms. The van der Waals surface area contributed by atoms with E-state index in [2.05, 4.69) is 4.98 Å². The Morgan fingerprint density at radius 3 is 2.17 bits per heavy atom. The Balaban J connectivity index is 0.000000217. The number of anilines is 1. The number of nitrogens with zero attached hydrogens (tertiary/aromatic N) is 1. The number of rotatable bonds is 0. The fourth-order valence-corrected chi connectivity index (χ4v) is 0.376. The highest BCUT2D eigenvalue weighted by molar-refractivity contribution is 7.85. The van der Waals surface area contributed by atoms with Crippen LogP contribution < -0.4 is 5.73 Å². The fourth-order valence-electron chi connectivity index (χ4n) is 0.376. The summed E-state index contributed by atoms with van der Waals surface area (Å²) in [7, 11) is -3.67. The van der Waals surface area contributed by atoms with Crippen molar-refractivity contribution >= 4 is 15.9 Å². The molecule has 1 heterocycles. The summed E-state index contributed by atoms with van der Waals surface area (Å²) in [5.74, 6) is 0.572. The van der Waals surface area contributed by atoms with Crippen LogP contribution in [0.5, 0.6) is 0 Å². The van der Waals surface area contributed by atoms with Gasteiger partial charge in [0.05, 0.1) is 6.26 Å². The minimum atomic E-state index is -3.67. The molecule has 3 N–H and O–H groups in total. The summed E-state index contributed by atoms with van der Waals surface area (Å²) in [6.45, 7) is 0. The van der Waals surface area contributed by atoms with Crippen molar-refractivity contribution in [3.8, 4) is 0 Å². The lowest BCUT2D eigenvalue weighted by atomic mass is 10.5. The van der Waals surface area contributed by atoms with Crippen LogP contribution in [0.4, 0.5) is 5.82 Å². The molecule has 1 rings (SSSR count). The molecule has 0 aliphatic rings. The molecule has 6 heteroatoms. The molecule has 0 saturated heterocycles. The third-order valence-corrected chi connectivity index (χ3v) is 0.688. The number of aromatic nitrogens is 1. The van der Waals surface area contributed by atoms with E-state index in [1.165, 1.54) is 0 Å². The molecule has 0 radical (unpaired) electrons. The minimum absolute atomic E-state index is 0.572. The highest BCUT2D eigenvalue weighted by Gasteiger charge is 1.81. The van der Waals surface area contributed by atoms with Crippen molar-refractivity contribution in [1.29, 1.82) is 0 Å². The van der Waals surface area contributed by atoms with Gasteiger partial charge in [0.25, 0.3) is 10.1 Å². The highest BCUT2D eigenvalue weighted by atomic mass is 32.2. The van der Waals surface area contributed by atoms with Crippen LogP contribution >= 0.6 is 0 Å². The summed E-state index contributed by atoms with van der Waals surface area (Å²) in [5, 5.41) is 0. The van der Waals surface area contributed by atoms with Gasteiger partial charge < -0.3 is 5.73 Å². The smallest absolute Gasteiger partial charge is 0.261 e. The summed E-state index contributed by atoms with van der Waals surface area (Å²) in [6.07, 6.45) is 2.38. The second kappa shape index (κ2) is 4.68. The lowest BCUT2D eigenvalue weighted by Crippen LogP contribution is -1.88. The van der Waals surface area contributed by atoms with Gasteiger partial charge in [0, 0.05) is 6.20 Å². The minimum Gasteiger partial charge on any atom is -0.384 e. The van der Waals surface area contributed by atoms with Crippen LogP contribution in [0.15, 0.2) is 24.4 Å². The predicted molar refractivity (Wildman–Crippen MR) is 46.1 cm³/mol. The second-order valence-corrected chi connectivity index (χ2v) is 3.45. The van der Waals surface area contributed by atoms with Crippen molar-refractivity contribution in [2.45, 2.75) is 0 Å². The summed E-state index contributed by atoms with van der Waals surface area (Å²) >= 11 is 0. The summed E-state index contributed by atoms with van der Waals surface area (Å²) in [4.78, 5) is 3.76. The molecular weight excluding hydrogens is 180 g/mol. The monoisotopic (exact) mass is 190 g/mol. The lowest BCUT2D eigenvalue weighted by Gasteiger charge is -1.82. The standard InChI is InChI=1S/C5H6N2.CH4O3S/c6-5-3-1-2-4-7-5;1-5(2,3)4/h1-4H,(H2,6,7);1H3,(H,2,3,4). The van der Waals surface area contributed by atoms with Crippen LogP contribution in [0.1, 0.15) is 0 Å². The molecule has 5 nitrogen and oxygen atoms in total. The van der Waals surface area contributed by atoms with Crippen LogP contribution in [-0.4, -0.2) is 24.2 Å². The van der Waals surface area contributed by atoms with E-state index >= 15 is 0 Å². The lowest BCUT2D eigenvalue weighted by molar-refractivity contribution is 0.490. The number of nitrogens with two attached hydrogens (primary N) is 1. The van der Waals surface area contributed by atoms with Crippen LogP contribution in [0.2, 0.25) is 0 Å². The predicted octanol–water partition coefficient (Wildman–Crippen LogP) is 0.168. The Bertz CT molecular complexity index is 301. The molecule has 0 fully saturated rings. The molecule has 0 aromatic carbocycles. The molecule has 68 valence electrons.